The molecule has 2 aliphatic rings. The number of carbonyl (C=O) groups is 1. The Hall–Kier alpha value is -1.64. The number of likely N-dealkylation sites (tertiary alicyclic amines) is 1. The first-order valence-electron chi connectivity index (χ1n) is 9.49. The van der Waals surface area contributed by atoms with E-state index >= 15 is 0 Å². The van der Waals surface area contributed by atoms with Gasteiger partial charge in [0.15, 0.2) is 0 Å². The van der Waals surface area contributed by atoms with Gasteiger partial charge in [-0.05, 0) is 37.1 Å². The average Bonchev–Trinajstić information content (AvgIpc) is 3.14. The second-order valence-electron chi connectivity index (χ2n) is 7.01. The molecular weight excluding hydrogens is 401 g/mol. The molecule has 152 valence electrons. The maximum absolute atomic E-state index is 12.9. The standard InChI is InChI=1S/C19H24FN5OS.ClH/c20-15-1-3-16(4-2-15)27-12-7-18(26)24-9-5-14(6-10-24)19-23-22-17-13-21-8-11-25(17)19;/h1-4,14,21H,5-13H2;1H. The number of hydrogen-bond donors (Lipinski definition) is 1. The van der Waals surface area contributed by atoms with E-state index in [0.717, 1.165) is 67.9 Å². The van der Waals surface area contributed by atoms with Gasteiger partial charge in [-0.15, -0.1) is 34.4 Å². The number of nitrogens with one attached hydrogen (secondary N) is 1. The van der Waals surface area contributed by atoms with E-state index in [1.165, 1.54) is 12.1 Å². The van der Waals surface area contributed by atoms with Gasteiger partial charge in [0, 0.05) is 49.2 Å². The van der Waals surface area contributed by atoms with Gasteiger partial charge in [-0.1, -0.05) is 0 Å². The molecule has 4 rings (SSSR count). The number of halogens is 2. The molecule has 6 nitrogen and oxygen atoms in total. The van der Waals surface area contributed by atoms with E-state index in [4.69, 9.17) is 0 Å². The van der Waals surface area contributed by atoms with E-state index in [9.17, 15) is 9.18 Å². The smallest absolute Gasteiger partial charge is 0.223 e. The summed E-state index contributed by atoms with van der Waals surface area (Å²) in [6, 6.07) is 6.41. The predicted octanol–water partition coefficient (Wildman–Crippen LogP) is 2.83. The first-order chi connectivity index (χ1) is 13.2. The summed E-state index contributed by atoms with van der Waals surface area (Å²) in [5, 5.41) is 12.0. The molecule has 3 heterocycles. The van der Waals surface area contributed by atoms with E-state index in [-0.39, 0.29) is 24.1 Å². The van der Waals surface area contributed by atoms with Crippen LogP contribution in [0.5, 0.6) is 0 Å². The number of rotatable bonds is 5. The lowest BCUT2D eigenvalue weighted by molar-refractivity contribution is -0.131. The fourth-order valence-corrected chi connectivity index (χ4v) is 4.59. The van der Waals surface area contributed by atoms with E-state index in [1.807, 2.05) is 4.90 Å². The maximum atomic E-state index is 12.9. The molecule has 1 aromatic heterocycles. The second kappa shape index (κ2) is 9.71. The molecule has 0 radical (unpaired) electrons. The fraction of sp³-hybridized carbons (Fsp3) is 0.526. The Labute approximate surface area is 174 Å². The van der Waals surface area contributed by atoms with Crippen molar-refractivity contribution in [2.45, 2.75) is 43.2 Å². The highest BCUT2D eigenvalue weighted by molar-refractivity contribution is 7.99. The van der Waals surface area contributed by atoms with E-state index in [0.29, 0.717) is 12.3 Å². The molecule has 0 spiro atoms. The Bertz CT molecular complexity index is 792. The molecule has 1 N–H and O–H groups in total. The van der Waals surface area contributed by atoms with E-state index in [2.05, 4.69) is 20.1 Å². The van der Waals surface area contributed by atoms with Crippen LogP contribution in [-0.2, 0) is 17.9 Å². The van der Waals surface area contributed by atoms with Crippen LogP contribution in [0.15, 0.2) is 29.2 Å². The van der Waals surface area contributed by atoms with Crippen LogP contribution < -0.4 is 5.32 Å². The number of benzene rings is 1. The molecule has 1 saturated heterocycles. The number of amides is 1. The number of aromatic nitrogens is 3. The van der Waals surface area contributed by atoms with Crippen molar-refractivity contribution in [2.24, 2.45) is 0 Å². The maximum Gasteiger partial charge on any atom is 0.223 e. The minimum atomic E-state index is -0.233. The van der Waals surface area contributed by atoms with Gasteiger partial charge in [0.05, 0.1) is 6.54 Å². The molecule has 0 saturated carbocycles. The van der Waals surface area contributed by atoms with Gasteiger partial charge in [0.1, 0.15) is 17.5 Å². The van der Waals surface area contributed by atoms with Gasteiger partial charge < -0.3 is 14.8 Å². The summed E-state index contributed by atoms with van der Waals surface area (Å²) in [7, 11) is 0. The number of hydrogen-bond acceptors (Lipinski definition) is 5. The van der Waals surface area contributed by atoms with E-state index < -0.39 is 0 Å². The molecule has 0 unspecified atom stereocenters. The predicted molar refractivity (Wildman–Crippen MR) is 109 cm³/mol. The minimum Gasteiger partial charge on any atom is -0.343 e. The normalized spacial score (nSPS) is 17.1. The monoisotopic (exact) mass is 425 g/mol. The molecule has 2 aromatic rings. The summed E-state index contributed by atoms with van der Waals surface area (Å²) in [5.41, 5.74) is 0. The SMILES string of the molecule is Cl.O=C(CCSc1ccc(F)cc1)N1CCC(c2nnc3n2CCNC3)CC1. The number of fused-ring (bicyclic) bond motifs is 1. The summed E-state index contributed by atoms with van der Waals surface area (Å²) in [4.78, 5) is 15.4. The first kappa shape index (κ1) is 21.1. The zero-order valence-electron chi connectivity index (χ0n) is 15.6. The summed E-state index contributed by atoms with van der Waals surface area (Å²) in [5.74, 6) is 3.19. The number of thioether (sulfide) groups is 1. The summed E-state index contributed by atoms with van der Waals surface area (Å²) >= 11 is 1.59. The van der Waals surface area contributed by atoms with Crippen molar-refractivity contribution >= 4 is 30.1 Å². The molecule has 28 heavy (non-hydrogen) atoms. The highest BCUT2D eigenvalue weighted by Gasteiger charge is 2.28. The van der Waals surface area contributed by atoms with E-state index in [1.54, 1.807) is 23.9 Å². The van der Waals surface area contributed by atoms with Gasteiger partial charge >= 0.3 is 0 Å². The zero-order chi connectivity index (χ0) is 18.6. The third-order valence-electron chi connectivity index (χ3n) is 5.26. The Morgan fingerprint density at radius 1 is 1.18 bits per heavy atom. The second-order valence-corrected chi connectivity index (χ2v) is 8.18. The molecule has 0 aliphatic carbocycles. The van der Waals surface area contributed by atoms with Crippen LogP contribution in [-0.4, -0.2) is 51.0 Å². The molecule has 0 atom stereocenters. The van der Waals surface area contributed by atoms with Crippen molar-refractivity contribution in [1.29, 1.82) is 0 Å². The lowest BCUT2D eigenvalue weighted by atomic mass is 9.95. The molecule has 1 fully saturated rings. The Morgan fingerprint density at radius 3 is 2.68 bits per heavy atom. The van der Waals surface area contributed by atoms with Crippen molar-refractivity contribution in [3.05, 3.63) is 41.7 Å². The number of piperidine rings is 1. The van der Waals surface area contributed by atoms with Gasteiger partial charge in [-0.25, -0.2) is 4.39 Å². The third kappa shape index (κ3) is 4.85. The first-order valence-corrected chi connectivity index (χ1v) is 10.5. The molecule has 1 amide bonds. The van der Waals surface area contributed by atoms with Gasteiger partial charge in [0.25, 0.3) is 0 Å². The van der Waals surface area contributed by atoms with Crippen molar-refractivity contribution in [3.63, 3.8) is 0 Å². The van der Waals surface area contributed by atoms with Crippen molar-refractivity contribution in [1.82, 2.24) is 25.0 Å². The van der Waals surface area contributed by atoms with Crippen molar-refractivity contribution in [2.75, 3.05) is 25.4 Å². The topological polar surface area (TPSA) is 63.1 Å². The minimum absolute atomic E-state index is 0. The molecule has 2 aliphatic heterocycles. The zero-order valence-corrected chi connectivity index (χ0v) is 17.3. The summed E-state index contributed by atoms with van der Waals surface area (Å²) in [6.07, 6.45) is 2.41. The molecule has 9 heteroatoms. The summed E-state index contributed by atoms with van der Waals surface area (Å²) < 4.78 is 15.2. The van der Waals surface area contributed by atoms with Gasteiger partial charge in [-0.2, -0.15) is 0 Å². The number of carbonyl (C=O) groups excluding carboxylic acids is 1. The van der Waals surface area contributed by atoms with Crippen LogP contribution in [0.25, 0.3) is 0 Å². The molecule has 0 bridgehead atoms. The summed E-state index contributed by atoms with van der Waals surface area (Å²) in [6.45, 7) is 4.24. The van der Waals surface area contributed by atoms with Crippen LogP contribution >= 0.6 is 24.2 Å². The molecule has 1 aromatic carbocycles. The van der Waals surface area contributed by atoms with Crippen LogP contribution in [0, 0.1) is 5.82 Å². The van der Waals surface area contributed by atoms with Crippen molar-refractivity contribution in [3.8, 4) is 0 Å². The Kier molecular flexibility index (Phi) is 7.31. The highest BCUT2D eigenvalue weighted by Crippen LogP contribution is 2.28. The quantitative estimate of drug-likeness (QED) is 0.746. The lowest BCUT2D eigenvalue weighted by Crippen LogP contribution is -2.39. The third-order valence-corrected chi connectivity index (χ3v) is 6.28. The van der Waals surface area contributed by atoms with Crippen LogP contribution in [0.2, 0.25) is 0 Å². The highest BCUT2D eigenvalue weighted by atomic mass is 35.5. The van der Waals surface area contributed by atoms with Crippen LogP contribution in [0.3, 0.4) is 0 Å². The van der Waals surface area contributed by atoms with Crippen LogP contribution in [0.1, 0.15) is 36.8 Å². The lowest BCUT2D eigenvalue weighted by Gasteiger charge is -2.32. The van der Waals surface area contributed by atoms with Crippen LogP contribution in [0.4, 0.5) is 4.39 Å². The van der Waals surface area contributed by atoms with Gasteiger partial charge in [-0.3, -0.25) is 4.79 Å². The van der Waals surface area contributed by atoms with Crippen molar-refractivity contribution < 1.29 is 9.18 Å². The molecular formula is C19H25ClFN5OS. The van der Waals surface area contributed by atoms with Gasteiger partial charge in [0.2, 0.25) is 5.91 Å². The average molecular weight is 426 g/mol. The largest absolute Gasteiger partial charge is 0.343 e. The Balaban J connectivity index is 0.00000225. The number of nitrogens with zero attached hydrogens (tertiary/aromatic N) is 4. The fourth-order valence-electron chi connectivity index (χ4n) is 3.75. The Morgan fingerprint density at radius 2 is 1.93 bits per heavy atom.